The zero-order chi connectivity index (χ0) is 16.9. The summed E-state index contributed by atoms with van der Waals surface area (Å²) >= 11 is 0. The number of aliphatic hydroxyl groups excluding tert-OH is 1. The van der Waals surface area contributed by atoms with Gasteiger partial charge < -0.3 is 25.4 Å². The Hall–Kier alpha value is -2.12. The number of nitrogens with zero attached hydrogens (tertiary/aromatic N) is 1. The summed E-state index contributed by atoms with van der Waals surface area (Å²) in [5.41, 5.74) is 0.591. The number of ether oxygens (including phenoxy) is 1. The predicted molar refractivity (Wildman–Crippen MR) is 87.4 cm³/mol. The summed E-state index contributed by atoms with van der Waals surface area (Å²) in [5.74, 6) is -1.53. The van der Waals surface area contributed by atoms with Gasteiger partial charge in [0.05, 0.1) is 36.7 Å². The van der Waals surface area contributed by atoms with E-state index in [1.54, 1.807) is 26.0 Å². The van der Waals surface area contributed by atoms with Gasteiger partial charge in [0.15, 0.2) is 0 Å². The molecule has 0 saturated carbocycles. The van der Waals surface area contributed by atoms with Crippen molar-refractivity contribution in [3.8, 4) is 0 Å². The van der Waals surface area contributed by atoms with Crippen molar-refractivity contribution in [1.82, 2.24) is 5.32 Å². The molecule has 1 aliphatic heterocycles. The summed E-state index contributed by atoms with van der Waals surface area (Å²) in [6.45, 7) is 5.75. The molecule has 1 aromatic rings. The van der Waals surface area contributed by atoms with Crippen LogP contribution < -0.4 is 15.5 Å². The van der Waals surface area contributed by atoms with Crippen LogP contribution in [0.4, 0.5) is 11.4 Å². The van der Waals surface area contributed by atoms with Gasteiger partial charge in [0.1, 0.15) is 0 Å². The van der Waals surface area contributed by atoms with Gasteiger partial charge in [-0.25, -0.2) is 0 Å². The highest BCUT2D eigenvalue weighted by Gasteiger charge is 2.24. The first kappa shape index (κ1) is 17.2. The molecule has 1 fully saturated rings. The Balaban J connectivity index is 2.07. The Morgan fingerprint density at radius 2 is 1.87 bits per heavy atom. The van der Waals surface area contributed by atoms with Crippen LogP contribution in [0.1, 0.15) is 13.8 Å². The lowest BCUT2D eigenvalue weighted by Crippen LogP contribution is -2.50. The van der Waals surface area contributed by atoms with Gasteiger partial charge >= 0.3 is 11.8 Å². The molecule has 0 atom stereocenters. The maximum Gasteiger partial charge on any atom is 0.313 e. The molecule has 0 unspecified atom stereocenters. The molecule has 1 aromatic carbocycles. The molecule has 0 radical (unpaired) electrons. The van der Waals surface area contributed by atoms with E-state index in [1.807, 2.05) is 12.1 Å². The standard InChI is InChI=1S/C16H23N3O4/c1-16(2,11-20)18-15(22)14(21)17-12-5-3-4-6-13(12)19-7-9-23-10-8-19/h3-6,20H,7-11H2,1-2H3,(H,17,21)(H,18,22). The molecular formula is C16H23N3O4. The van der Waals surface area contributed by atoms with E-state index in [0.717, 1.165) is 18.8 Å². The summed E-state index contributed by atoms with van der Waals surface area (Å²) in [6, 6.07) is 7.34. The first-order chi connectivity index (χ1) is 10.9. The number of nitrogens with one attached hydrogen (secondary N) is 2. The van der Waals surface area contributed by atoms with Gasteiger partial charge in [-0.2, -0.15) is 0 Å². The number of para-hydroxylation sites is 2. The SMILES string of the molecule is CC(C)(CO)NC(=O)C(=O)Nc1ccccc1N1CCOCC1. The zero-order valence-electron chi connectivity index (χ0n) is 13.5. The number of rotatable bonds is 4. The quantitative estimate of drug-likeness (QED) is 0.696. The second-order valence-electron chi connectivity index (χ2n) is 6.07. The second kappa shape index (κ2) is 7.43. The highest BCUT2D eigenvalue weighted by molar-refractivity contribution is 6.40. The average molecular weight is 321 g/mol. The van der Waals surface area contributed by atoms with Crippen LogP contribution in [0.3, 0.4) is 0 Å². The first-order valence-corrected chi connectivity index (χ1v) is 7.59. The lowest BCUT2D eigenvalue weighted by atomic mass is 10.1. The Bertz CT molecular complexity index is 568. The van der Waals surface area contributed by atoms with Crippen molar-refractivity contribution in [3.63, 3.8) is 0 Å². The van der Waals surface area contributed by atoms with Crippen molar-refractivity contribution in [1.29, 1.82) is 0 Å². The highest BCUT2D eigenvalue weighted by Crippen LogP contribution is 2.26. The number of amides is 2. The summed E-state index contributed by atoms with van der Waals surface area (Å²) < 4.78 is 5.33. The number of benzene rings is 1. The van der Waals surface area contributed by atoms with Crippen molar-refractivity contribution in [3.05, 3.63) is 24.3 Å². The summed E-state index contributed by atoms with van der Waals surface area (Å²) in [5, 5.41) is 14.3. The molecule has 7 nitrogen and oxygen atoms in total. The fourth-order valence-electron chi connectivity index (χ4n) is 2.24. The molecule has 7 heteroatoms. The van der Waals surface area contributed by atoms with Crippen LogP contribution in [0.5, 0.6) is 0 Å². The third-order valence-electron chi connectivity index (χ3n) is 3.56. The van der Waals surface area contributed by atoms with E-state index in [-0.39, 0.29) is 6.61 Å². The van der Waals surface area contributed by atoms with Gasteiger partial charge in [-0.15, -0.1) is 0 Å². The lowest BCUT2D eigenvalue weighted by Gasteiger charge is -2.30. The van der Waals surface area contributed by atoms with Crippen molar-refractivity contribution < 1.29 is 19.4 Å². The maximum absolute atomic E-state index is 12.1. The van der Waals surface area contributed by atoms with Crippen LogP contribution >= 0.6 is 0 Å². The molecule has 1 saturated heterocycles. The number of hydrogen-bond acceptors (Lipinski definition) is 5. The minimum absolute atomic E-state index is 0.254. The minimum Gasteiger partial charge on any atom is -0.394 e. The fraction of sp³-hybridized carbons (Fsp3) is 0.500. The molecule has 2 rings (SSSR count). The number of carbonyl (C=O) groups excluding carboxylic acids is 2. The van der Waals surface area contributed by atoms with Crippen LogP contribution in [0.2, 0.25) is 0 Å². The minimum atomic E-state index is -0.849. The Morgan fingerprint density at radius 3 is 2.52 bits per heavy atom. The van der Waals surface area contributed by atoms with Crippen molar-refractivity contribution in [2.75, 3.05) is 43.1 Å². The number of carbonyl (C=O) groups is 2. The topological polar surface area (TPSA) is 90.9 Å². The molecule has 0 aromatic heterocycles. The molecule has 0 spiro atoms. The highest BCUT2D eigenvalue weighted by atomic mass is 16.5. The summed E-state index contributed by atoms with van der Waals surface area (Å²) in [6.07, 6.45) is 0. The molecule has 23 heavy (non-hydrogen) atoms. The fourth-order valence-corrected chi connectivity index (χ4v) is 2.24. The Kier molecular flexibility index (Phi) is 5.57. The van der Waals surface area contributed by atoms with Gasteiger partial charge in [0, 0.05) is 13.1 Å². The van der Waals surface area contributed by atoms with Crippen LogP contribution in [-0.2, 0) is 14.3 Å². The van der Waals surface area contributed by atoms with Gasteiger partial charge in [-0.1, -0.05) is 12.1 Å². The number of aliphatic hydroxyl groups is 1. The van der Waals surface area contributed by atoms with E-state index in [1.165, 1.54) is 0 Å². The van der Waals surface area contributed by atoms with Crippen LogP contribution in [-0.4, -0.2) is 55.4 Å². The number of hydrogen-bond donors (Lipinski definition) is 3. The lowest BCUT2D eigenvalue weighted by molar-refractivity contribution is -0.137. The third kappa shape index (κ3) is 4.67. The van der Waals surface area contributed by atoms with E-state index in [9.17, 15) is 9.59 Å². The van der Waals surface area contributed by atoms with Crippen molar-refractivity contribution >= 4 is 23.2 Å². The van der Waals surface area contributed by atoms with E-state index in [0.29, 0.717) is 18.9 Å². The van der Waals surface area contributed by atoms with Crippen molar-refractivity contribution in [2.24, 2.45) is 0 Å². The number of morpholine rings is 1. The normalized spacial score (nSPS) is 15.2. The molecule has 3 N–H and O–H groups in total. The van der Waals surface area contributed by atoms with Crippen LogP contribution in [0.15, 0.2) is 24.3 Å². The van der Waals surface area contributed by atoms with Crippen LogP contribution in [0.25, 0.3) is 0 Å². The van der Waals surface area contributed by atoms with Gasteiger partial charge in [0.25, 0.3) is 0 Å². The molecular weight excluding hydrogens is 298 g/mol. The predicted octanol–water partition coefficient (Wildman–Crippen LogP) is 0.349. The van der Waals surface area contributed by atoms with Gasteiger partial charge in [0.2, 0.25) is 0 Å². The van der Waals surface area contributed by atoms with Gasteiger partial charge in [-0.05, 0) is 26.0 Å². The Morgan fingerprint density at radius 1 is 1.22 bits per heavy atom. The first-order valence-electron chi connectivity index (χ1n) is 7.59. The molecule has 1 heterocycles. The average Bonchev–Trinajstić information content (AvgIpc) is 2.55. The maximum atomic E-state index is 12.1. The molecule has 1 aliphatic rings. The van der Waals surface area contributed by atoms with Gasteiger partial charge in [-0.3, -0.25) is 9.59 Å². The second-order valence-corrected chi connectivity index (χ2v) is 6.07. The molecule has 2 amide bonds. The van der Waals surface area contributed by atoms with E-state index < -0.39 is 17.4 Å². The van der Waals surface area contributed by atoms with Crippen LogP contribution in [0, 0.1) is 0 Å². The summed E-state index contributed by atoms with van der Waals surface area (Å²) in [4.78, 5) is 26.1. The summed E-state index contributed by atoms with van der Waals surface area (Å²) in [7, 11) is 0. The molecule has 0 aliphatic carbocycles. The van der Waals surface area contributed by atoms with Crippen molar-refractivity contribution in [2.45, 2.75) is 19.4 Å². The van der Waals surface area contributed by atoms with E-state index in [4.69, 9.17) is 9.84 Å². The van der Waals surface area contributed by atoms with E-state index in [2.05, 4.69) is 15.5 Å². The van der Waals surface area contributed by atoms with E-state index >= 15 is 0 Å². The molecule has 126 valence electrons. The Labute approximate surface area is 135 Å². The largest absolute Gasteiger partial charge is 0.394 e. The monoisotopic (exact) mass is 321 g/mol. The number of anilines is 2. The molecule has 0 bridgehead atoms. The zero-order valence-corrected chi connectivity index (χ0v) is 13.5. The smallest absolute Gasteiger partial charge is 0.313 e. The third-order valence-corrected chi connectivity index (χ3v) is 3.56.